The molecule has 0 bridgehead atoms. The van der Waals surface area contributed by atoms with Gasteiger partial charge in [-0.2, -0.15) is 0 Å². The topological polar surface area (TPSA) is 46.6 Å². The van der Waals surface area contributed by atoms with Gasteiger partial charge in [0.25, 0.3) is 0 Å². The lowest BCUT2D eigenvalue weighted by Crippen LogP contribution is -2.53. The number of hydrogen-bond donors (Lipinski definition) is 0. The van der Waals surface area contributed by atoms with Crippen LogP contribution in [0.3, 0.4) is 0 Å². The van der Waals surface area contributed by atoms with Gasteiger partial charge < -0.3 is 4.74 Å². The second-order valence-electron chi connectivity index (χ2n) is 8.36. The average molecular weight is 424 g/mol. The van der Waals surface area contributed by atoms with Gasteiger partial charge in [-0.15, -0.1) is 6.58 Å². The predicted octanol–water partition coefficient (Wildman–Crippen LogP) is 4.58. The summed E-state index contributed by atoms with van der Waals surface area (Å²) in [6, 6.07) is 26.0. The van der Waals surface area contributed by atoms with Crippen LogP contribution in [0.1, 0.15) is 23.1 Å². The molecule has 0 N–H and O–H groups in total. The van der Waals surface area contributed by atoms with Gasteiger partial charge >= 0.3 is 5.97 Å². The van der Waals surface area contributed by atoms with Crippen LogP contribution in [0.4, 0.5) is 0 Å². The molecule has 32 heavy (non-hydrogen) atoms. The van der Waals surface area contributed by atoms with Crippen LogP contribution in [0.5, 0.6) is 0 Å². The van der Waals surface area contributed by atoms with Gasteiger partial charge in [-0.3, -0.25) is 14.5 Å². The Labute approximate surface area is 188 Å². The van der Waals surface area contributed by atoms with Crippen molar-refractivity contribution in [3.63, 3.8) is 0 Å². The summed E-state index contributed by atoms with van der Waals surface area (Å²) in [5.74, 6) is -0.835. The van der Waals surface area contributed by atoms with E-state index in [1.165, 1.54) is 7.11 Å². The van der Waals surface area contributed by atoms with Gasteiger partial charge in [0, 0.05) is 5.92 Å². The molecule has 1 aliphatic heterocycles. The highest BCUT2D eigenvalue weighted by Gasteiger charge is 2.58. The minimum atomic E-state index is -0.779. The highest BCUT2D eigenvalue weighted by atomic mass is 16.5. The molecule has 0 spiro atoms. The summed E-state index contributed by atoms with van der Waals surface area (Å²) < 4.78 is 5.24. The van der Waals surface area contributed by atoms with E-state index in [0.29, 0.717) is 6.42 Å². The summed E-state index contributed by atoms with van der Waals surface area (Å²) in [5.41, 5.74) is 4.64. The molecule has 2 aliphatic rings. The third kappa shape index (κ3) is 2.73. The molecule has 160 valence electrons. The Balaban J connectivity index is 1.86. The summed E-state index contributed by atoms with van der Waals surface area (Å²) >= 11 is 0. The quantitative estimate of drug-likeness (QED) is 0.445. The zero-order chi connectivity index (χ0) is 22.3. The monoisotopic (exact) mass is 423 g/mol. The molecule has 0 aromatic heterocycles. The van der Waals surface area contributed by atoms with Gasteiger partial charge in [-0.1, -0.05) is 84.9 Å². The molecule has 5 rings (SSSR count). The molecular weight excluding hydrogens is 398 g/mol. The van der Waals surface area contributed by atoms with Gasteiger partial charge in [-0.05, 0) is 34.2 Å². The van der Waals surface area contributed by atoms with E-state index in [1.807, 2.05) is 42.5 Å². The lowest BCUT2D eigenvalue weighted by atomic mass is 9.78. The number of benzene rings is 3. The Morgan fingerprint density at radius 3 is 2.12 bits per heavy atom. The van der Waals surface area contributed by atoms with Crippen molar-refractivity contribution in [2.75, 3.05) is 13.7 Å². The number of Topliss-reactive ketones (excluding diaryl/α,β-unsaturated/α-hetero) is 1. The number of carbonyl (C=O) groups excluding carboxylic acids is 2. The maximum atomic E-state index is 13.3. The number of methoxy groups -OCH3 is 1. The van der Waals surface area contributed by atoms with Gasteiger partial charge in [0.2, 0.25) is 0 Å². The number of ketones is 1. The van der Waals surface area contributed by atoms with Crippen LogP contribution in [-0.4, -0.2) is 36.3 Å². The number of rotatable bonds is 5. The standard InChI is InChI=1S/C28H25NO3/c1-3-11-22-25(30)18-29(26(22)27(31)32-2)28(19-12-5-4-6-13-19)23-16-9-7-14-20(23)21-15-8-10-17-24(21)28/h3-10,12-17,22,26H,1,11,18H2,2H3/t22-,26+/m1/s1. The van der Waals surface area contributed by atoms with E-state index in [-0.39, 0.29) is 18.3 Å². The van der Waals surface area contributed by atoms with Crippen LogP contribution in [-0.2, 0) is 19.9 Å². The summed E-state index contributed by atoms with van der Waals surface area (Å²) in [6.07, 6.45) is 2.15. The van der Waals surface area contributed by atoms with Crippen molar-refractivity contribution in [1.82, 2.24) is 4.90 Å². The lowest BCUT2D eigenvalue weighted by molar-refractivity contribution is -0.149. The molecular formula is C28H25NO3. The Morgan fingerprint density at radius 1 is 1.00 bits per heavy atom. The zero-order valence-electron chi connectivity index (χ0n) is 18.0. The maximum absolute atomic E-state index is 13.3. The molecule has 2 atom stereocenters. The van der Waals surface area contributed by atoms with Gasteiger partial charge in [0.05, 0.1) is 19.2 Å². The molecule has 1 heterocycles. The molecule has 3 aromatic carbocycles. The molecule has 0 unspecified atom stereocenters. The van der Waals surface area contributed by atoms with Crippen molar-refractivity contribution in [2.45, 2.75) is 18.0 Å². The fraction of sp³-hybridized carbons (Fsp3) is 0.214. The Bertz CT molecular complexity index is 1150. The van der Waals surface area contributed by atoms with Gasteiger partial charge in [0.1, 0.15) is 6.04 Å². The molecule has 4 heteroatoms. The summed E-state index contributed by atoms with van der Waals surface area (Å²) in [5, 5.41) is 0. The van der Waals surface area contributed by atoms with Crippen molar-refractivity contribution in [3.8, 4) is 11.1 Å². The number of likely N-dealkylation sites (tertiary alicyclic amines) is 1. The summed E-state index contributed by atoms with van der Waals surface area (Å²) in [6.45, 7) is 3.99. The number of carbonyl (C=O) groups is 2. The van der Waals surface area contributed by atoms with Crippen LogP contribution in [0.2, 0.25) is 0 Å². The molecule has 0 radical (unpaired) electrons. The van der Waals surface area contributed by atoms with E-state index in [0.717, 1.165) is 27.8 Å². The second-order valence-corrected chi connectivity index (χ2v) is 8.36. The van der Waals surface area contributed by atoms with Crippen molar-refractivity contribution < 1.29 is 14.3 Å². The van der Waals surface area contributed by atoms with Crippen LogP contribution in [0.15, 0.2) is 91.5 Å². The summed E-state index contributed by atoms with van der Waals surface area (Å²) in [4.78, 5) is 28.5. The first kappa shape index (κ1) is 20.4. The molecule has 1 aliphatic carbocycles. The fourth-order valence-electron chi connectivity index (χ4n) is 5.63. The maximum Gasteiger partial charge on any atom is 0.323 e. The average Bonchev–Trinajstić information content (AvgIpc) is 3.32. The van der Waals surface area contributed by atoms with E-state index in [1.54, 1.807) is 6.08 Å². The molecule has 0 saturated carbocycles. The molecule has 1 fully saturated rings. The first-order valence-corrected chi connectivity index (χ1v) is 10.9. The zero-order valence-corrected chi connectivity index (χ0v) is 18.0. The van der Waals surface area contributed by atoms with Crippen molar-refractivity contribution in [2.24, 2.45) is 5.92 Å². The number of esters is 1. The predicted molar refractivity (Wildman–Crippen MR) is 124 cm³/mol. The third-order valence-electron chi connectivity index (χ3n) is 6.87. The minimum absolute atomic E-state index is 0.0393. The minimum Gasteiger partial charge on any atom is -0.468 e. The Morgan fingerprint density at radius 2 is 1.56 bits per heavy atom. The normalized spacial score (nSPS) is 21.1. The molecule has 4 nitrogen and oxygen atoms in total. The first-order valence-electron chi connectivity index (χ1n) is 10.9. The first-order chi connectivity index (χ1) is 15.6. The molecule has 3 aromatic rings. The number of nitrogens with zero attached hydrogens (tertiary/aromatic N) is 1. The van der Waals surface area contributed by atoms with Gasteiger partial charge in [0.15, 0.2) is 5.78 Å². The largest absolute Gasteiger partial charge is 0.468 e. The van der Waals surface area contributed by atoms with Crippen molar-refractivity contribution >= 4 is 11.8 Å². The Kier molecular flexibility index (Phi) is 5.03. The van der Waals surface area contributed by atoms with E-state index < -0.39 is 17.5 Å². The van der Waals surface area contributed by atoms with Crippen LogP contribution < -0.4 is 0 Å². The SMILES string of the molecule is C=CC[C@@H]1C(=O)CN(C2(c3ccccc3)c3ccccc3-c3ccccc32)[C@@H]1C(=O)OC. The van der Waals surface area contributed by atoms with E-state index in [9.17, 15) is 9.59 Å². The second kappa shape index (κ2) is 7.88. The van der Waals surface area contributed by atoms with E-state index >= 15 is 0 Å². The Hall–Kier alpha value is -3.50. The molecule has 0 amide bonds. The lowest BCUT2D eigenvalue weighted by Gasteiger charge is -2.43. The fourth-order valence-corrected chi connectivity index (χ4v) is 5.63. The highest BCUT2D eigenvalue weighted by molar-refractivity contribution is 5.95. The number of hydrogen-bond acceptors (Lipinski definition) is 4. The summed E-state index contributed by atoms with van der Waals surface area (Å²) in [7, 11) is 1.39. The number of allylic oxidation sites excluding steroid dienone is 1. The van der Waals surface area contributed by atoms with Crippen molar-refractivity contribution in [1.29, 1.82) is 0 Å². The van der Waals surface area contributed by atoms with E-state index in [4.69, 9.17) is 4.74 Å². The van der Waals surface area contributed by atoms with E-state index in [2.05, 4.69) is 47.9 Å². The van der Waals surface area contributed by atoms with Crippen molar-refractivity contribution in [3.05, 3.63) is 108 Å². The molecule has 1 saturated heterocycles. The van der Waals surface area contributed by atoms with Gasteiger partial charge in [-0.25, -0.2) is 0 Å². The van der Waals surface area contributed by atoms with Crippen LogP contribution in [0, 0.1) is 5.92 Å². The number of ether oxygens (including phenoxy) is 1. The third-order valence-corrected chi connectivity index (χ3v) is 6.87. The highest BCUT2D eigenvalue weighted by Crippen LogP contribution is 2.56. The van der Waals surface area contributed by atoms with Crippen LogP contribution >= 0.6 is 0 Å². The number of fused-ring (bicyclic) bond motifs is 3. The van der Waals surface area contributed by atoms with Crippen LogP contribution in [0.25, 0.3) is 11.1 Å². The smallest absolute Gasteiger partial charge is 0.323 e.